The Morgan fingerprint density at radius 1 is 1.50 bits per heavy atom. The third kappa shape index (κ3) is 2.33. The average Bonchev–Trinajstić information content (AvgIpc) is 2.38. The zero-order valence-electron chi connectivity index (χ0n) is 10.2. The smallest absolute Gasteiger partial charge is 0.249 e. The van der Waals surface area contributed by atoms with Crippen molar-refractivity contribution in [3.8, 4) is 0 Å². The molecule has 1 fully saturated rings. The van der Waals surface area contributed by atoms with Gasteiger partial charge in [-0.1, -0.05) is 13.0 Å². The van der Waals surface area contributed by atoms with E-state index in [4.69, 9.17) is 5.73 Å². The van der Waals surface area contributed by atoms with E-state index in [2.05, 4.69) is 10.3 Å². The number of carbonyl (C=O) groups is 2. The number of anilines is 1. The Labute approximate surface area is 105 Å². The van der Waals surface area contributed by atoms with Gasteiger partial charge < -0.3 is 10.6 Å². The third-order valence-electron chi connectivity index (χ3n) is 2.98. The van der Waals surface area contributed by atoms with E-state index in [-0.39, 0.29) is 24.4 Å². The van der Waals surface area contributed by atoms with Crippen molar-refractivity contribution in [2.45, 2.75) is 25.9 Å². The minimum absolute atomic E-state index is 0.152. The predicted molar refractivity (Wildman–Crippen MR) is 66.7 cm³/mol. The lowest BCUT2D eigenvalue weighted by molar-refractivity contribution is -0.132. The monoisotopic (exact) mass is 248 g/mol. The van der Waals surface area contributed by atoms with Crippen LogP contribution in [-0.2, 0) is 16.1 Å². The molecule has 2 amide bonds. The normalized spacial score (nSPS) is 19.9. The standard InChI is InChI=1S/C12H16N4O2/c1-2-9-12(18)15-11(17)7-16(9)10-4-3-8(5-13)6-14-10/h3-4,6,9H,2,5,7,13H2,1H3,(H,15,17,18). The molecule has 0 aromatic carbocycles. The van der Waals surface area contributed by atoms with E-state index in [1.54, 1.807) is 17.2 Å². The van der Waals surface area contributed by atoms with E-state index in [0.717, 1.165) is 5.56 Å². The van der Waals surface area contributed by atoms with E-state index in [1.807, 2.05) is 13.0 Å². The Morgan fingerprint density at radius 2 is 2.28 bits per heavy atom. The number of rotatable bonds is 3. The molecule has 0 spiro atoms. The number of nitrogens with zero attached hydrogens (tertiary/aromatic N) is 2. The highest BCUT2D eigenvalue weighted by Crippen LogP contribution is 2.18. The second-order valence-corrected chi connectivity index (χ2v) is 4.19. The fourth-order valence-electron chi connectivity index (χ4n) is 2.02. The minimum Gasteiger partial charge on any atom is -0.335 e. The molecule has 96 valence electrons. The number of pyridine rings is 1. The predicted octanol–water partition coefficient (Wildman–Crippen LogP) is -0.218. The van der Waals surface area contributed by atoms with E-state index in [0.29, 0.717) is 18.8 Å². The van der Waals surface area contributed by atoms with Crippen LogP contribution in [0.3, 0.4) is 0 Å². The Balaban J connectivity index is 2.27. The van der Waals surface area contributed by atoms with Crippen LogP contribution in [0.15, 0.2) is 18.3 Å². The molecule has 1 aromatic heterocycles. The second-order valence-electron chi connectivity index (χ2n) is 4.19. The van der Waals surface area contributed by atoms with Gasteiger partial charge in [0.25, 0.3) is 0 Å². The van der Waals surface area contributed by atoms with Crippen LogP contribution in [0.1, 0.15) is 18.9 Å². The first-order chi connectivity index (χ1) is 8.65. The quantitative estimate of drug-likeness (QED) is 0.722. The molecule has 6 heteroatoms. The zero-order valence-corrected chi connectivity index (χ0v) is 10.2. The summed E-state index contributed by atoms with van der Waals surface area (Å²) < 4.78 is 0. The van der Waals surface area contributed by atoms with Crippen molar-refractivity contribution in [1.82, 2.24) is 10.3 Å². The van der Waals surface area contributed by atoms with Gasteiger partial charge in [-0.05, 0) is 18.1 Å². The summed E-state index contributed by atoms with van der Waals surface area (Å²) in [5.41, 5.74) is 6.42. The highest BCUT2D eigenvalue weighted by Gasteiger charge is 2.32. The molecule has 1 aromatic rings. The molecular weight excluding hydrogens is 232 g/mol. The number of nitrogens with one attached hydrogen (secondary N) is 1. The van der Waals surface area contributed by atoms with Gasteiger partial charge in [0.1, 0.15) is 11.9 Å². The molecule has 1 aliphatic rings. The maximum atomic E-state index is 11.7. The number of imide groups is 1. The first kappa shape index (κ1) is 12.5. The van der Waals surface area contributed by atoms with E-state index in [9.17, 15) is 9.59 Å². The van der Waals surface area contributed by atoms with Crippen LogP contribution in [0.5, 0.6) is 0 Å². The van der Waals surface area contributed by atoms with Gasteiger partial charge in [-0.3, -0.25) is 14.9 Å². The maximum Gasteiger partial charge on any atom is 0.249 e. The number of carbonyl (C=O) groups excluding carboxylic acids is 2. The molecule has 1 aliphatic heterocycles. The van der Waals surface area contributed by atoms with Gasteiger partial charge in [-0.25, -0.2) is 4.98 Å². The van der Waals surface area contributed by atoms with Crippen LogP contribution in [0.2, 0.25) is 0 Å². The van der Waals surface area contributed by atoms with Gasteiger partial charge in [0.15, 0.2) is 0 Å². The highest BCUT2D eigenvalue weighted by molar-refractivity contribution is 6.04. The SMILES string of the molecule is CCC1C(=O)NC(=O)CN1c1ccc(CN)cn1. The summed E-state index contributed by atoms with van der Waals surface area (Å²) in [5, 5.41) is 2.34. The third-order valence-corrected chi connectivity index (χ3v) is 2.98. The molecule has 0 bridgehead atoms. The van der Waals surface area contributed by atoms with Crippen LogP contribution >= 0.6 is 0 Å². The fourth-order valence-corrected chi connectivity index (χ4v) is 2.02. The lowest BCUT2D eigenvalue weighted by Gasteiger charge is -2.34. The Kier molecular flexibility index (Phi) is 3.57. The summed E-state index contributed by atoms with van der Waals surface area (Å²) >= 11 is 0. The number of aromatic nitrogens is 1. The summed E-state index contributed by atoms with van der Waals surface area (Å²) in [4.78, 5) is 29.1. The molecule has 2 rings (SSSR count). The van der Waals surface area contributed by atoms with Crippen molar-refractivity contribution in [3.63, 3.8) is 0 Å². The molecule has 2 heterocycles. The summed E-state index contributed by atoms with van der Waals surface area (Å²) in [7, 11) is 0. The van der Waals surface area contributed by atoms with Crippen molar-refractivity contribution in [3.05, 3.63) is 23.9 Å². The van der Waals surface area contributed by atoms with E-state index >= 15 is 0 Å². The second kappa shape index (κ2) is 5.14. The molecule has 0 saturated carbocycles. The van der Waals surface area contributed by atoms with Gasteiger partial charge in [0.05, 0.1) is 6.54 Å². The summed E-state index contributed by atoms with van der Waals surface area (Å²) in [6.45, 7) is 2.48. The minimum atomic E-state index is -0.348. The van der Waals surface area contributed by atoms with Gasteiger partial charge in [-0.15, -0.1) is 0 Å². The van der Waals surface area contributed by atoms with Gasteiger partial charge in [0.2, 0.25) is 11.8 Å². The molecule has 1 saturated heterocycles. The molecule has 1 atom stereocenters. The number of amides is 2. The fraction of sp³-hybridized carbons (Fsp3) is 0.417. The van der Waals surface area contributed by atoms with Crippen molar-refractivity contribution in [1.29, 1.82) is 0 Å². The van der Waals surface area contributed by atoms with Crippen LogP contribution in [0, 0.1) is 0 Å². The lowest BCUT2D eigenvalue weighted by Crippen LogP contribution is -2.58. The highest BCUT2D eigenvalue weighted by atomic mass is 16.2. The van der Waals surface area contributed by atoms with Crippen LogP contribution in [0.25, 0.3) is 0 Å². The number of piperazine rings is 1. The summed E-state index contributed by atoms with van der Waals surface area (Å²) in [6, 6.07) is 3.29. The van der Waals surface area contributed by atoms with Crippen molar-refractivity contribution in [2.75, 3.05) is 11.4 Å². The van der Waals surface area contributed by atoms with Gasteiger partial charge >= 0.3 is 0 Å². The number of hydrogen-bond acceptors (Lipinski definition) is 5. The van der Waals surface area contributed by atoms with Crippen LogP contribution in [-0.4, -0.2) is 29.4 Å². The Bertz CT molecular complexity index is 458. The molecule has 6 nitrogen and oxygen atoms in total. The first-order valence-electron chi connectivity index (χ1n) is 5.91. The Morgan fingerprint density at radius 3 is 2.83 bits per heavy atom. The largest absolute Gasteiger partial charge is 0.335 e. The van der Waals surface area contributed by atoms with Crippen LogP contribution in [0.4, 0.5) is 5.82 Å². The molecule has 1 unspecified atom stereocenters. The molecule has 3 N–H and O–H groups in total. The van der Waals surface area contributed by atoms with Crippen molar-refractivity contribution in [2.24, 2.45) is 5.73 Å². The van der Waals surface area contributed by atoms with E-state index in [1.165, 1.54) is 0 Å². The Hall–Kier alpha value is -1.95. The molecule has 18 heavy (non-hydrogen) atoms. The lowest BCUT2D eigenvalue weighted by atomic mass is 10.1. The average molecular weight is 248 g/mol. The maximum absolute atomic E-state index is 11.7. The van der Waals surface area contributed by atoms with E-state index < -0.39 is 0 Å². The molecule has 0 radical (unpaired) electrons. The topological polar surface area (TPSA) is 88.3 Å². The summed E-state index contributed by atoms with van der Waals surface area (Å²) in [5.74, 6) is 0.0649. The van der Waals surface area contributed by atoms with Gasteiger partial charge in [-0.2, -0.15) is 0 Å². The molecule has 0 aliphatic carbocycles. The number of hydrogen-bond donors (Lipinski definition) is 2. The van der Waals surface area contributed by atoms with Crippen LogP contribution < -0.4 is 16.0 Å². The number of nitrogens with two attached hydrogens (primary N) is 1. The van der Waals surface area contributed by atoms with Crippen molar-refractivity contribution < 1.29 is 9.59 Å². The zero-order chi connectivity index (χ0) is 13.1. The van der Waals surface area contributed by atoms with Crippen molar-refractivity contribution >= 4 is 17.6 Å². The molecular formula is C12H16N4O2. The first-order valence-corrected chi connectivity index (χ1v) is 5.91. The van der Waals surface area contributed by atoms with Gasteiger partial charge in [0, 0.05) is 12.7 Å². The summed E-state index contributed by atoms with van der Waals surface area (Å²) in [6.07, 6.45) is 2.29.